The predicted molar refractivity (Wildman–Crippen MR) is 65.3 cm³/mol. The summed E-state index contributed by atoms with van der Waals surface area (Å²) >= 11 is 5.31. The second-order valence-electron chi connectivity index (χ2n) is 2.80. The lowest BCUT2D eigenvalue weighted by Gasteiger charge is -1.99. The molecule has 1 N–H and O–H groups in total. The summed E-state index contributed by atoms with van der Waals surface area (Å²) in [7, 11) is -3.58. The van der Waals surface area contributed by atoms with Gasteiger partial charge in [0.25, 0.3) is 10.0 Å². The average molecular weight is 341 g/mol. The molecule has 0 aliphatic heterocycles. The number of sulfonamides is 1. The van der Waals surface area contributed by atoms with Crippen molar-refractivity contribution in [3.8, 4) is 0 Å². The van der Waals surface area contributed by atoms with Gasteiger partial charge in [0.05, 0.1) is 3.79 Å². The van der Waals surface area contributed by atoms with Crippen LogP contribution in [0.3, 0.4) is 0 Å². The Balaban J connectivity index is 2.32. The highest BCUT2D eigenvalue weighted by molar-refractivity contribution is 9.11. The SMILES string of the molecule is Cc1cc(S(=O)(=O)Nc2nnns2)sc1Br. The van der Waals surface area contributed by atoms with E-state index in [4.69, 9.17) is 0 Å². The van der Waals surface area contributed by atoms with E-state index >= 15 is 0 Å². The van der Waals surface area contributed by atoms with Crippen LogP contribution >= 0.6 is 38.8 Å². The molecule has 2 aromatic rings. The summed E-state index contributed by atoms with van der Waals surface area (Å²) in [6.07, 6.45) is 0. The number of anilines is 1. The van der Waals surface area contributed by atoms with Gasteiger partial charge in [-0.1, -0.05) is 9.59 Å². The number of thiophene rings is 1. The third-order valence-electron chi connectivity index (χ3n) is 1.62. The number of hydrogen-bond acceptors (Lipinski definition) is 7. The van der Waals surface area contributed by atoms with E-state index in [1.807, 2.05) is 6.92 Å². The first-order valence-corrected chi connectivity index (χ1v) is 7.79. The minimum Gasteiger partial charge on any atom is -0.251 e. The van der Waals surface area contributed by atoms with Crippen molar-refractivity contribution in [3.63, 3.8) is 0 Å². The molecule has 0 aliphatic carbocycles. The highest BCUT2D eigenvalue weighted by atomic mass is 79.9. The van der Waals surface area contributed by atoms with Crippen LogP contribution in [0.4, 0.5) is 5.13 Å². The molecule has 0 bridgehead atoms. The second kappa shape index (κ2) is 4.35. The Bertz CT molecular complexity index is 572. The van der Waals surface area contributed by atoms with Crippen LogP contribution in [0.5, 0.6) is 0 Å². The van der Waals surface area contributed by atoms with Gasteiger partial charge >= 0.3 is 0 Å². The van der Waals surface area contributed by atoms with Crippen molar-refractivity contribution in [1.82, 2.24) is 14.8 Å². The molecule has 0 radical (unpaired) electrons. The third-order valence-corrected chi connectivity index (χ3v) is 6.21. The zero-order valence-corrected chi connectivity index (χ0v) is 11.9. The fourth-order valence-corrected chi connectivity index (χ4v) is 4.71. The summed E-state index contributed by atoms with van der Waals surface area (Å²) in [6.45, 7) is 1.83. The molecule has 10 heteroatoms. The highest BCUT2D eigenvalue weighted by Crippen LogP contribution is 2.31. The van der Waals surface area contributed by atoms with Gasteiger partial charge in [0.1, 0.15) is 4.21 Å². The summed E-state index contributed by atoms with van der Waals surface area (Å²) in [5, 5.41) is 6.98. The fourth-order valence-electron chi connectivity index (χ4n) is 0.903. The smallest absolute Gasteiger partial charge is 0.251 e. The standard InChI is InChI=1S/C6H5BrN4O2S3/c1-3-2-4(14-5(3)7)16(12,13)9-6-8-10-11-15-6/h2H,1H3,(H,8,9,11). The molecule has 86 valence electrons. The Morgan fingerprint density at radius 2 is 2.25 bits per heavy atom. The summed E-state index contributed by atoms with van der Waals surface area (Å²) in [5.74, 6) is 0. The van der Waals surface area contributed by atoms with E-state index < -0.39 is 10.0 Å². The summed E-state index contributed by atoms with van der Waals surface area (Å²) in [6, 6.07) is 1.59. The van der Waals surface area contributed by atoms with Crippen molar-refractivity contribution in [3.05, 3.63) is 15.4 Å². The molecule has 0 aromatic carbocycles. The lowest BCUT2D eigenvalue weighted by molar-refractivity contribution is 0.603. The molecule has 0 amide bonds. The van der Waals surface area contributed by atoms with Crippen LogP contribution in [0.25, 0.3) is 0 Å². The molecule has 2 rings (SSSR count). The van der Waals surface area contributed by atoms with Crippen molar-refractivity contribution in [2.45, 2.75) is 11.1 Å². The molecular weight excluding hydrogens is 336 g/mol. The largest absolute Gasteiger partial charge is 0.273 e. The average Bonchev–Trinajstić information content (AvgIpc) is 2.78. The van der Waals surface area contributed by atoms with Gasteiger partial charge in [-0.2, -0.15) is 0 Å². The van der Waals surface area contributed by atoms with Gasteiger partial charge in [-0.25, -0.2) is 8.42 Å². The summed E-state index contributed by atoms with van der Waals surface area (Å²) < 4.78 is 30.5. The number of aryl methyl sites for hydroxylation is 1. The lowest BCUT2D eigenvalue weighted by atomic mass is 10.4. The van der Waals surface area contributed by atoms with E-state index in [-0.39, 0.29) is 9.34 Å². The number of aromatic nitrogens is 3. The summed E-state index contributed by atoms with van der Waals surface area (Å²) in [4.78, 5) is 0. The first-order chi connectivity index (χ1) is 7.49. The fraction of sp³-hybridized carbons (Fsp3) is 0.167. The lowest BCUT2D eigenvalue weighted by Crippen LogP contribution is -2.11. The third kappa shape index (κ3) is 2.39. The zero-order valence-electron chi connectivity index (χ0n) is 7.84. The molecular formula is C6H5BrN4O2S3. The maximum Gasteiger partial charge on any atom is 0.273 e. The molecule has 2 heterocycles. The van der Waals surface area contributed by atoms with E-state index in [1.165, 1.54) is 0 Å². The Labute approximate surface area is 108 Å². The molecule has 0 spiro atoms. The minimum atomic E-state index is -3.58. The number of rotatable bonds is 3. The quantitative estimate of drug-likeness (QED) is 0.921. The topological polar surface area (TPSA) is 84.8 Å². The predicted octanol–water partition coefficient (Wildman–Crippen LogP) is 1.87. The molecule has 0 fully saturated rings. The molecule has 0 saturated carbocycles. The maximum atomic E-state index is 11.9. The van der Waals surface area contributed by atoms with Crippen LogP contribution in [0.2, 0.25) is 0 Å². The normalized spacial score (nSPS) is 11.6. The first-order valence-electron chi connectivity index (χ1n) is 3.93. The van der Waals surface area contributed by atoms with Crippen molar-refractivity contribution in [2.24, 2.45) is 0 Å². The number of nitrogens with zero attached hydrogens (tertiary/aromatic N) is 3. The van der Waals surface area contributed by atoms with Gasteiger partial charge < -0.3 is 0 Å². The Hall–Kier alpha value is -0.580. The van der Waals surface area contributed by atoms with Crippen LogP contribution in [0.15, 0.2) is 14.1 Å². The van der Waals surface area contributed by atoms with Crippen LogP contribution in [0, 0.1) is 6.92 Å². The molecule has 6 nitrogen and oxygen atoms in total. The zero-order chi connectivity index (χ0) is 11.8. The van der Waals surface area contributed by atoms with E-state index in [2.05, 4.69) is 35.5 Å². The molecule has 0 saturated heterocycles. The van der Waals surface area contributed by atoms with Gasteiger partial charge in [-0.05, 0) is 39.7 Å². The van der Waals surface area contributed by atoms with Crippen LogP contribution in [0.1, 0.15) is 5.56 Å². The molecule has 0 unspecified atom stereocenters. The van der Waals surface area contributed by atoms with E-state index in [1.54, 1.807) is 6.07 Å². The highest BCUT2D eigenvalue weighted by Gasteiger charge is 2.19. The second-order valence-corrected chi connectivity index (χ2v) is 7.81. The molecule has 2 aromatic heterocycles. The monoisotopic (exact) mass is 340 g/mol. The van der Waals surface area contributed by atoms with Crippen LogP contribution in [-0.2, 0) is 10.0 Å². The maximum absolute atomic E-state index is 11.9. The van der Waals surface area contributed by atoms with Gasteiger partial charge in [0.2, 0.25) is 5.13 Å². The van der Waals surface area contributed by atoms with Crippen molar-refractivity contribution in [2.75, 3.05) is 4.72 Å². The van der Waals surface area contributed by atoms with Gasteiger partial charge in [0, 0.05) is 11.5 Å². The molecule has 16 heavy (non-hydrogen) atoms. The Morgan fingerprint density at radius 3 is 2.75 bits per heavy atom. The number of nitrogens with one attached hydrogen (secondary N) is 1. The van der Waals surface area contributed by atoms with Crippen molar-refractivity contribution < 1.29 is 8.42 Å². The number of hydrogen-bond donors (Lipinski definition) is 1. The summed E-state index contributed by atoms with van der Waals surface area (Å²) in [5.41, 5.74) is 0.876. The van der Waals surface area contributed by atoms with Crippen molar-refractivity contribution >= 4 is 54.0 Å². The van der Waals surface area contributed by atoms with Crippen LogP contribution < -0.4 is 4.72 Å². The van der Waals surface area contributed by atoms with Gasteiger partial charge in [-0.15, -0.1) is 11.3 Å². The number of halogens is 1. The minimum absolute atomic E-state index is 0.155. The van der Waals surface area contributed by atoms with Gasteiger partial charge in [0.15, 0.2) is 0 Å². The van der Waals surface area contributed by atoms with Crippen LogP contribution in [-0.4, -0.2) is 23.2 Å². The van der Waals surface area contributed by atoms with Gasteiger partial charge in [-0.3, -0.25) is 4.72 Å². The van der Waals surface area contributed by atoms with E-state index in [9.17, 15) is 8.42 Å². The van der Waals surface area contributed by atoms with E-state index in [0.717, 1.165) is 32.2 Å². The Morgan fingerprint density at radius 1 is 1.50 bits per heavy atom. The molecule has 0 aliphatic rings. The van der Waals surface area contributed by atoms with E-state index in [0.29, 0.717) is 0 Å². The first kappa shape index (κ1) is 11.9. The Kier molecular flexibility index (Phi) is 3.24. The van der Waals surface area contributed by atoms with Crippen molar-refractivity contribution in [1.29, 1.82) is 0 Å². The molecule has 0 atom stereocenters.